The predicted molar refractivity (Wildman–Crippen MR) is 68.8 cm³/mol. The minimum atomic E-state index is 0.808. The molecule has 0 aromatic carbocycles. The van der Waals surface area contributed by atoms with Gasteiger partial charge in [0.2, 0.25) is 0 Å². The van der Waals surface area contributed by atoms with Crippen molar-refractivity contribution < 1.29 is 0 Å². The Bertz CT molecular complexity index is 199. The summed E-state index contributed by atoms with van der Waals surface area (Å²) in [5, 5.41) is 3.35. The van der Waals surface area contributed by atoms with E-state index in [1.807, 2.05) is 0 Å². The van der Waals surface area contributed by atoms with Crippen LogP contribution in [0.15, 0.2) is 0 Å². The normalized spacial score (nSPS) is 30.0. The minimum Gasteiger partial charge on any atom is -0.318 e. The number of likely N-dealkylation sites (tertiary alicyclic amines) is 2. The van der Waals surface area contributed by atoms with Gasteiger partial charge in [0.15, 0.2) is 0 Å². The van der Waals surface area contributed by atoms with E-state index in [1.165, 1.54) is 58.4 Å². The maximum absolute atomic E-state index is 3.35. The van der Waals surface area contributed by atoms with Crippen molar-refractivity contribution in [3.8, 4) is 0 Å². The molecule has 0 saturated carbocycles. The second kappa shape index (κ2) is 5.99. The van der Waals surface area contributed by atoms with Gasteiger partial charge in [0.25, 0.3) is 0 Å². The van der Waals surface area contributed by atoms with Crippen molar-refractivity contribution in [2.24, 2.45) is 0 Å². The lowest BCUT2D eigenvalue weighted by molar-refractivity contribution is 0.101. The van der Waals surface area contributed by atoms with E-state index in [0.29, 0.717) is 0 Å². The molecule has 0 spiro atoms. The number of nitrogens with zero attached hydrogens (tertiary/aromatic N) is 2. The van der Waals surface area contributed by atoms with Crippen molar-refractivity contribution in [3.05, 3.63) is 0 Å². The van der Waals surface area contributed by atoms with Gasteiger partial charge in [-0.2, -0.15) is 0 Å². The maximum atomic E-state index is 3.35. The Labute approximate surface area is 100 Å². The highest BCUT2D eigenvalue weighted by Crippen LogP contribution is 2.25. The van der Waals surface area contributed by atoms with Gasteiger partial charge in [-0.1, -0.05) is 6.92 Å². The van der Waals surface area contributed by atoms with Crippen LogP contribution in [0.5, 0.6) is 0 Å². The Kier molecular flexibility index (Phi) is 4.62. The summed E-state index contributed by atoms with van der Waals surface area (Å²) in [7, 11) is 2.08. The van der Waals surface area contributed by atoms with E-state index in [4.69, 9.17) is 0 Å². The van der Waals surface area contributed by atoms with Crippen LogP contribution in [-0.4, -0.2) is 61.7 Å². The molecule has 3 heteroatoms. The van der Waals surface area contributed by atoms with Gasteiger partial charge >= 0.3 is 0 Å². The van der Waals surface area contributed by atoms with E-state index in [9.17, 15) is 0 Å². The topological polar surface area (TPSA) is 18.5 Å². The zero-order valence-electron chi connectivity index (χ0n) is 10.9. The highest BCUT2D eigenvalue weighted by molar-refractivity contribution is 4.88. The Morgan fingerprint density at radius 1 is 1.12 bits per heavy atom. The van der Waals surface area contributed by atoms with Crippen LogP contribution in [0.1, 0.15) is 32.6 Å². The molecule has 16 heavy (non-hydrogen) atoms. The first-order valence-electron chi connectivity index (χ1n) is 6.97. The molecule has 1 atom stereocenters. The number of rotatable bonds is 4. The van der Waals surface area contributed by atoms with Crippen LogP contribution in [-0.2, 0) is 0 Å². The summed E-state index contributed by atoms with van der Waals surface area (Å²) in [5.41, 5.74) is 0. The van der Waals surface area contributed by atoms with Gasteiger partial charge in [-0.3, -0.25) is 4.90 Å². The molecule has 0 radical (unpaired) electrons. The summed E-state index contributed by atoms with van der Waals surface area (Å²) in [5.74, 6) is 0. The molecular weight excluding hydrogens is 198 g/mol. The molecule has 1 N–H and O–H groups in total. The van der Waals surface area contributed by atoms with Crippen LogP contribution in [0.4, 0.5) is 0 Å². The van der Waals surface area contributed by atoms with Crippen molar-refractivity contribution in [2.45, 2.75) is 44.7 Å². The quantitative estimate of drug-likeness (QED) is 0.774. The van der Waals surface area contributed by atoms with E-state index in [0.717, 1.165) is 12.1 Å². The molecule has 0 aromatic heterocycles. The highest BCUT2D eigenvalue weighted by Gasteiger charge is 2.31. The molecule has 2 aliphatic heterocycles. The molecule has 2 heterocycles. The van der Waals surface area contributed by atoms with Crippen molar-refractivity contribution in [3.63, 3.8) is 0 Å². The molecule has 0 bridgehead atoms. The first kappa shape index (κ1) is 12.3. The molecule has 2 aliphatic rings. The van der Waals surface area contributed by atoms with Crippen molar-refractivity contribution in [1.29, 1.82) is 0 Å². The number of piperidine rings is 1. The second-order valence-electron chi connectivity index (χ2n) is 5.26. The van der Waals surface area contributed by atoms with Crippen LogP contribution >= 0.6 is 0 Å². The maximum Gasteiger partial charge on any atom is 0.0223 e. The van der Waals surface area contributed by atoms with Gasteiger partial charge in [-0.25, -0.2) is 0 Å². The third-order valence-corrected chi connectivity index (χ3v) is 4.34. The molecule has 0 aliphatic carbocycles. The van der Waals surface area contributed by atoms with E-state index < -0.39 is 0 Å². The Morgan fingerprint density at radius 2 is 1.88 bits per heavy atom. The van der Waals surface area contributed by atoms with Crippen LogP contribution < -0.4 is 5.32 Å². The zero-order valence-corrected chi connectivity index (χ0v) is 10.9. The highest BCUT2D eigenvalue weighted by atomic mass is 15.2. The van der Waals surface area contributed by atoms with Crippen molar-refractivity contribution in [2.75, 3.05) is 39.8 Å². The summed E-state index contributed by atoms with van der Waals surface area (Å²) < 4.78 is 0. The molecule has 2 saturated heterocycles. The lowest BCUT2D eigenvalue weighted by Gasteiger charge is -2.39. The largest absolute Gasteiger partial charge is 0.318 e. The number of hydrogen-bond donors (Lipinski definition) is 1. The number of nitrogens with one attached hydrogen (secondary N) is 1. The van der Waals surface area contributed by atoms with Crippen LogP contribution in [0.3, 0.4) is 0 Å². The van der Waals surface area contributed by atoms with Crippen molar-refractivity contribution in [1.82, 2.24) is 15.1 Å². The first-order valence-corrected chi connectivity index (χ1v) is 6.97. The summed E-state index contributed by atoms with van der Waals surface area (Å²) in [6.45, 7) is 8.64. The molecule has 0 aromatic rings. The molecule has 1 unspecified atom stereocenters. The van der Waals surface area contributed by atoms with E-state index in [2.05, 4.69) is 29.1 Å². The summed E-state index contributed by atoms with van der Waals surface area (Å²) in [4.78, 5) is 5.36. The number of hydrogen-bond acceptors (Lipinski definition) is 3. The summed E-state index contributed by atoms with van der Waals surface area (Å²) >= 11 is 0. The second-order valence-corrected chi connectivity index (χ2v) is 5.26. The van der Waals surface area contributed by atoms with Crippen LogP contribution in [0.2, 0.25) is 0 Å². The van der Waals surface area contributed by atoms with E-state index >= 15 is 0 Å². The molecule has 2 fully saturated rings. The average molecular weight is 225 g/mol. The van der Waals surface area contributed by atoms with Gasteiger partial charge in [-0.15, -0.1) is 0 Å². The third-order valence-electron chi connectivity index (χ3n) is 4.34. The van der Waals surface area contributed by atoms with Gasteiger partial charge in [-0.05, 0) is 58.9 Å². The first-order chi connectivity index (χ1) is 7.85. The fourth-order valence-electron chi connectivity index (χ4n) is 3.36. The summed E-state index contributed by atoms with van der Waals surface area (Å²) in [6, 6.07) is 1.67. The van der Waals surface area contributed by atoms with Gasteiger partial charge < -0.3 is 10.2 Å². The lowest BCUT2D eigenvalue weighted by atomic mass is 10.0. The molecule has 94 valence electrons. The van der Waals surface area contributed by atoms with Gasteiger partial charge in [0.05, 0.1) is 0 Å². The predicted octanol–water partition coefficient (Wildman–Crippen LogP) is 1.15. The monoisotopic (exact) mass is 225 g/mol. The molecule has 2 rings (SSSR count). The molecule has 0 amide bonds. The Hall–Kier alpha value is -0.120. The SMILES string of the molecule is CCN1CCC(N2CCCC2CNC)CC1. The smallest absolute Gasteiger partial charge is 0.0223 e. The van der Waals surface area contributed by atoms with Gasteiger partial charge in [0.1, 0.15) is 0 Å². The van der Waals surface area contributed by atoms with E-state index in [1.54, 1.807) is 0 Å². The number of likely N-dealkylation sites (N-methyl/N-ethyl adjacent to an activating group) is 1. The Morgan fingerprint density at radius 3 is 2.50 bits per heavy atom. The zero-order chi connectivity index (χ0) is 11.4. The Balaban J connectivity index is 1.83. The third kappa shape index (κ3) is 2.76. The van der Waals surface area contributed by atoms with Gasteiger partial charge in [0, 0.05) is 18.6 Å². The van der Waals surface area contributed by atoms with E-state index in [-0.39, 0.29) is 0 Å². The molecule has 3 nitrogen and oxygen atoms in total. The summed E-state index contributed by atoms with van der Waals surface area (Å²) in [6.07, 6.45) is 5.57. The van der Waals surface area contributed by atoms with Crippen LogP contribution in [0.25, 0.3) is 0 Å². The molecular formula is C13H27N3. The van der Waals surface area contributed by atoms with Crippen molar-refractivity contribution >= 4 is 0 Å². The lowest BCUT2D eigenvalue weighted by Crippen LogP contribution is -2.48. The average Bonchev–Trinajstić information content (AvgIpc) is 2.78. The fourth-order valence-corrected chi connectivity index (χ4v) is 3.36. The standard InChI is InChI=1S/C13H27N3/c1-3-15-9-6-12(7-10-15)16-8-4-5-13(16)11-14-2/h12-14H,3-11H2,1-2H3. The van der Waals surface area contributed by atoms with Crippen LogP contribution in [0, 0.1) is 0 Å². The fraction of sp³-hybridized carbons (Fsp3) is 1.00. The minimum absolute atomic E-state index is 0.808.